The number of carbonyl (C=O) groups is 2. The summed E-state index contributed by atoms with van der Waals surface area (Å²) in [4.78, 5) is 23.7. The number of methoxy groups -OCH3 is 1. The first-order valence-electron chi connectivity index (χ1n) is 8.97. The molecular formula is C22H26O5. The van der Waals surface area contributed by atoms with Gasteiger partial charge in [0.25, 0.3) is 0 Å². The number of aliphatic hydroxyl groups excluding tert-OH is 1. The fourth-order valence-electron chi connectivity index (χ4n) is 2.88. The van der Waals surface area contributed by atoms with E-state index in [1.165, 1.54) is 24.8 Å². The molecule has 0 fully saturated rings. The van der Waals surface area contributed by atoms with Crippen molar-refractivity contribution in [1.29, 1.82) is 0 Å². The van der Waals surface area contributed by atoms with E-state index in [2.05, 4.69) is 13.8 Å². The van der Waals surface area contributed by atoms with Crippen molar-refractivity contribution in [3.8, 4) is 11.5 Å². The van der Waals surface area contributed by atoms with Gasteiger partial charge in [-0.15, -0.1) is 0 Å². The minimum Gasteiger partial charge on any atom is -0.493 e. The highest BCUT2D eigenvalue weighted by Gasteiger charge is 2.22. The number of aliphatic hydroxyl groups is 1. The lowest BCUT2D eigenvalue weighted by molar-refractivity contribution is -0.135. The lowest BCUT2D eigenvalue weighted by Gasteiger charge is -2.17. The quantitative estimate of drug-likeness (QED) is 0.433. The third-order valence-electron chi connectivity index (χ3n) is 4.36. The van der Waals surface area contributed by atoms with Crippen LogP contribution >= 0.6 is 0 Å². The van der Waals surface area contributed by atoms with Crippen molar-refractivity contribution in [3.63, 3.8) is 0 Å². The van der Waals surface area contributed by atoms with E-state index in [0.29, 0.717) is 23.3 Å². The summed E-state index contributed by atoms with van der Waals surface area (Å²) < 4.78 is 10.8. The van der Waals surface area contributed by atoms with E-state index < -0.39 is 11.9 Å². The first kappa shape index (κ1) is 20.6. The van der Waals surface area contributed by atoms with Gasteiger partial charge in [0.2, 0.25) is 0 Å². The van der Waals surface area contributed by atoms with E-state index in [9.17, 15) is 14.7 Å². The SMILES string of the molecule is COc1cc(C=O)cc(CO)c1OC(=O)C(C)c1ccc(CC(C)C)cc1. The van der Waals surface area contributed by atoms with Crippen molar-refractivity contribution < 1.29 is 24.2 Å². The standard InChI is InChI=1S/C22H26O5/c1-14(2)9-16-5-7-18(8-6-16)15(3)22(25)27-21-19(13-24)10-17(12-23)11-20(21)26-4/h5-8,10-12,14-15,24H,9,13H2,1-4H3. The van der Waals surface area contributed by atoms with Crippen LogP contribution in [0.4, 0.5) is 0 Å². The number of rotatable bonds is 8. The molecule has 5 nitrogen and oxygen atoms in total. The number of hydrogen-bond acceptors (Lipinski definition) is 5. The molecule has 2 aromatic rings. The second-order valence-electron chi connectivity index (χ2n) is 6.97. The molecule has 0 saturated heterocycles. The fourth-order valence-corrected chi connectivity index (χ4v) is 2.88. The van der Waals surface area contributed by atoms with Crippen LogP contribution in [0.25, 0.3) is 0 Å². The number of hydrogen-bond donors (Lipinski definition) is 1. The monoisotopic (exact) mass is 370 g/mol. The number of carbonyl (C=O) groups excluding carboxylic acids is 2. The Bertz CT molecular complexity index is 768. The van der Waals surface area contributed by atoms with Crippen molar-refractivity contribution in [2.75, 3.05) is 7.11 Å². The first-order valence-corrected chi connectivity index (χ1v) is 8.97. The lowest BCUT2D eigenvalue weighted by atomic mass is 9.97. The van der Waals surface area contributed by atoms with E-state index in [4.69, 9.17) is 9.47 Å². The highest BCUT2D eigenvalue weighted by atomic mass is 16.6. The van der Waals surface area contributed by atoms with Crippen molar-refractivity contribution in [2.24, 2.45) is 5.92 Å². The smallest absolute Gasteiger partial charge is 0.318 e. The Morgan fingerprint density at radius 3 is 2.33 bits per heavy atom. The number of aldehydes is 1. The predicted octanol–water partition coefficient (Wildman–Crippen LogP) is 3.91. The third kappa shape index (κ3) is 5.17. The van der Waals surface area contributed by atoms with Crippen LogP contribution in [0.3, 0.4) is 0 Å². The Balaban J connectivity index is 2.22. The van der Waals surface area contributed by atoms with Crippen LogP contribution in [0.1, 0.15) is 53.7 Å². The van der Waals surface area contributed by atoms with Gasteiger partial charge in [0.1, 0.15) is 6.29 Å². The van der Waals surface area contributed by atoms with Gasteiger partial charge < -0.3 is 14.6 Å². The molecule has 2 rings (SSSR count). The van der Waals surface area contributed by atoms with Crippen LogP contribution in [0, 0.1) is 5.92 Å². The zero-order chi connectivity index (χ0) is 20.0. The lowest BCUT2D eigenvalue weighted by Crippen LogP contribution is -2.17. The molecule has 0 aliphatic heterocycles. The van der Waals surface area contributed by atoms with Crippen LogP contribution < -0.4 is 9.47 Å². The topological polar surface area (TPSA) is 72.8 Å². The largest absolute Gasteiger partial charge is 0.493 e. The second kappa shape index (κ2) is 9.33. The molecule has 0 aliphatic carbocycles. The maximum atomic E-state index is 12.6. The van der Waals surface area contributed by atoms with Gasteiger partial charge in [0.05, 0.1) is 19.6 Å². The molecule has 1 N–H and O–H groups in total. The van der Waals surface area contributed by atoms with E-state index in [1.807, 2.05) is 24.3 Å². The van der Waals surface area contributed by atoms with Gasteiger partial charge in [0.15, 0.2) is 11.5 Å². The molecule has 2 aromatic carbocycles. The van der Waals surface area contributed by atoms with Gasteiger partial charge in [-0.2, -0.15) is 0 Å². The second-order valence-corrected chi connectivity index (χ2v) is 6.97. The summed E-state index contributed by atoms with van der Waals surface area (Å²) >= 11 is 0. The predicted molar refractivity (Wildman–Crippen MR) is 103 cm³/mol. The molecule has 5 heteroatoms. The Morgan fingerprint density at radius 1 is 1.15 bits per heavy atom. The van der Waals surface area contributed by atoms with Crippen molar-refractivity contribution in [1.82, 2.24) is 0 Å². The molecule has 0 aromatic heterocycles. The molecule has 0 aliphatic rings. The van der Waals surface area contributed by atoms with Gasteiger partial charge >= 0.3 is 5.97 Å². The Kier molecular flexibility index (Phi) is 7.13. The highest BCUT2D eigenvalue weighted by Crippen LogP contribution is 2.34. The Morgan fingerprint density at radius 2 is 1.81 bits per heavy atom. The van der Waals surface area contributed by atoms with E-state index in [0.717, 1.165) is 12.0 Å². The zero-order valence-electron chi connectivity index (χ0n) is 16.2. The van der Waals surface area contributed by atoms with Crippen molar-refractivity contribution in [3.05, 3.63) is 58.7 Å². The normalized spacial score (nSPS) is 11.9. The zero-order valence-corrected chi connectivity index (χ0v) is 16.2. The Labute approximate surface area is 159 Å². The summed E-state index contributed by atoms with van der Waals surface area (Å²) in [6.45, 7) is 5.72. The van der Waals surface area contributed by atoms with Crippen LogP contribution in [-0.2, 0) is 17.8 Å². The fraction of sp³-hybridized carbons (Fsp3) is 0.364. The molecule has 0 bridgehead atoms. The van der Waals surface area contributed by atoms with Crippen LogP contribution in [0.15, 0.2) is 36.4 Å². The number of benzene rings is 2. The average molecular weight is 370 g/mol. The molecule has 0 spiro atoms. The first-order chi connectivity index (χ1) is 12.9. The maximum absolute atomic E-state index is 12.6. The summed E-state index contributed by atoms with van der Waals surface area (Å²) in [7, 11) is 1.42. The molecular weight excluding hydrogens is 344 g/mol. The molecule has 0 heterocycles. The number of esters is 1. The minimum absolute atomic E-state index is 0.138. The Hall–Kier alpha value is -2.66. The summed E-state index contributed by atoms with van der Waals surface area (Å²) in [5, 5.41) is 9.57. The average Bonchev–Trinajstić information content (AvgIpc) is 2.67. The molecule has 0 amide bonds. The molecule has 27 heavy (non-hydrogen) atoms. The van der Waals surface area contributed by atoms with Crippen LogP contribution in [0.2, 0.25) is 0 Å². The van der Waals surface area contributed by atoms with Crippen molar-refractivity contribution >= 4 is 12.3 Å². The molecule has 0 saturated carbocycles. The van der Waals surface area contributed by atoms with E-state index in [-0.39, 0.29) is 18.1 Å². The van der Waals surface area contributed by atoms with Crippen molar-refractivity contribution in [2.45, 2.75) is 39.7 Å². The maximum Gasteiger partial charge on any atom is 0.318 e. The third-order valence-corrected chi connectivity index (χ3v) is 4.36. The highest BCUT2D eigenvalue weighted by molar-refractivity contribution is 5.82. The van der Waals surface area contributed by atoms with Gasteiger partial charge in [-0.3, -0.25) is 9.59 Å². The summed E-state index contributed by atoms with van der Waals surface area (Å²) in [5.41, 5.74) is 2.73. The van der Waals surface area contributed by atoms with Gasteiger partial charge in [0, 0.05) is 11.1 Å². The van der Waals surface area contributed by atoms with Gasteiger partial charge in [-0.25, -0.2) is 0 Å². The summed E-state index contributed by atoms with van der Waals surface area (Å²) in [6.07, 6.45) is 1.63. The summed E-state index contributed by atoms with van der Waals surface area (Å²) in [6, 6.07) is 10.9. The minimum atomic E-state index is -0.486. The molecule has 1 unspecified atom stereocenters. The van der Waals surface area contributed by atoms with E-state index >= 15 is 0 Å². The summed E-state index contributed by atoms with van der Waals surface area (Å²) in [5.74, 6) is -0.00846. The van der Waals surface area contributed by atoms with Gasteiger partial charge in [-0.1, -0.05) is 38.1 Å². The molecule has 1 atom stereocenters. The number of ether oxygens (including phenoxy) is 2. The van der Waals surface area contributed by atoms with E-state index in [1.54, 1.807) is 6.92 Å². The molecule has 0 radical (unpaired) electrons. The molecule has 144 valence electrons. The van der Waals surface area contributed by atoms with Crippen LogP contribution in [-0.4, -0.2) is 24.5 Å². The van der Waals surface area contributed by atoms with Crippen LogP contribution in [0.5, 0.6) is 11.5 Å². The van der Waals surface area contributed by atoms with Gasteiger partial charge in [-0.05, 0) is 42.5 Å².